The van der Waals surface area contributed by atoms with Gasteiger partial charge in [-0.25, -0.2) is 9.07 Å². The number of hydrogen-bond donors (Lipinski definition) is 0. The van der Waals surface area contributed by atoms with Crippen LogP contribution in [0, 0.1) is 5.82 Å². The second-order valence-electron chi connectivity index (χ2n) is 7.73. The van der Waals surface area contributed by atoms with Crippen molar-refractivity contribution in [1.29, 1.82) is 0 Å². The Morgan fingerprint density at radius 2 is 1.85 bits per heavy atom. The molecular formula is C23H21FN6O3. The molecule has 33 heavy (non-hydrogen) atoms. The minimum absolute atomic E-state index is 0.0787. The number of likely N-dealkylation sites (tertiary alicyclic amines) is 1. The molecule has 2 aromatic carbocycles. The van der Waals surface area contributed by atoms with Gasteiger partial charge in [-0.1, -0.05) is 40.7 Å². The highest BCUT2D eigenvalue weighted by atomic mass is 19.1. The smallest absolute Gasteiger partial charge is 0.280 e. The summed E-state index contributed by atoms with van der Waals surface area (Å²) in [5.74, 6) is 0.825. The number of hydrogen-bond acceptors (Lipinski definition) is 7. The van der Waals surface area contributed by atoms with Gasteiger partial charge in [-0.05, 0) is 37.1 Å². The van der Waals surface area contributed by atoms with Crippen molar-refractivity contribution in [1.82, 2.24) is 30.0 Å². The second-order valence-corrected chi connectivity index (χ2v) is 7.73. The van der Waals surface area contributed by atoms with Gasteiger partial charge in [0.1, 0.15) is 11.6 Å². The van der Waals surface area contributed by atoms with Crippen molar-refractivity contribution in [3.8, 4) is 28.7 Å². The standard InChI is InChI=1S/C23H21FN6O3/c24-17-6-8-19(9-7-17)32-15-21(31)29-12-10-18(11-13-29)30-14-20(26-28-30)23-25-22(27-33-23)16-4-2-1-3-5-16/h1-9,14,18H,10-13,15H2. The number of carbonyl (C=O) groups is 1. The van der Waals surface area contributed by atoms with E-state index in [1.54, 1.807) is 15.8 Å². The zero-order valence-electron chi connectivity index (χ0n) is 17.7. The van der Waals surface area contributed by atoms with Crippen molar-refractivity contribution in [2.45, 2.75) is 18.9 Å². The number of rotatable bonds is 6. The van der Waals surface area contributed by atoms with Gasteiger partial charge in [0.25, 0.3) is 11.8 Å². The molecule has 9 nitrogen and oxygen atoms in total. The summed E-state index contributed by atoms with van der Waals surface area (Å²) in [7, 11) is 0. The number of halogens is 1. The Hall–Kier alpha value is -4.08. The molecule has 4 aromatic rings. The highest BCUT2D eigenvalue weighted by molar-refractivity contribution is 5.77. The summed E-state index contributed by atoms with van der Waals surface area (Å²) < 4.78 is 25.6. The first kappa shape index (κ1) is 20.8. The molecule has 0 aliphatic carbocycles. The van der Waals surface area contributed by atoms with Crippen LogP contribution in [-0.2, 0) is 4.79 Å². The van der Waals surface area contributed by atoms with Crippen LogP contribution in [0.1, 0.15) is 18.9 Å². The van der Waals surface area contributed by atoms with Crippen LogP contribution < -0.4 is 4.74 Å². The summed E-state index contributed by atoms with van der Waals surface area (Å²) in [4.78, 5) is 18.6. The van der Waals surface area contributed by atoms with Gasteiger partial charge in [-0.2, -0.15) is 4.98 Å². The Balaban J connectivity index is 1.15. The third kappa shape index (κ3) is 4.74. The molecule has 0 atom stereocenters. The summed E-state index contributed by atoms with van der Waals surface area (Å²) in [5.41, 5.74) is 1.37. The third-order valence-corrected chi connectivity index (χ3v) is 5.55. The van der Waals surface area contributed by atoms with E-state index < -0.39 is 0 Å². The SMILES string of the molecule is O=C(COc1ccc(F)cc1)N1CCC(n2cc(-c3nc(-c4ccccc4)no3)nn2)CC1. The summed E-state index contributed by atoms with van der Waals surface area (Å²) in [5, 5.41) is 12.4. The van der Waals surface area contributed by atoms with Crippen LogP contribution in [0.2, 0.25) is 0 Å². The number of ether oxygens (including phenoxy) is 1. The van der Waals surface area contributed by atoms with Crippen LogP contribution in [0.5, 0.6) is 5.75 Å². The normalized spacial score (nSPS) is 14.4. The summed E-state index contributed by atoms with van der Waals surface area (Å²) in [6.07, 6.45) is 3.27. The van der Waals surface area contributed by atoms with Gasteiger partial charge in [0.15, 0.2) is 12.3 Å². The molecule has 5 rings (SSSR count). The van der Waals surface area contributed by atoms with Gasteiger partial charge in [0.2, 0.25) is 5.82 Å². The number of benzene rings is 2. The first-order valence-electron chi connectivity index (χ1n) is 10.6. The van der Waals surface area contributed by atoms with E-state index in [1.165, 1.54) is 24.3 Å². The van der Waals surface area contributed by atoms with Crippen molar-refractivity contribution in [3.63, 3.8) is 0 Å². The molecule has 3 heterocycles. The summed E-state index contributed by atoms with van der Waals surface area (Å²) >= 11 is 0. The van der Waals surface area contributed by atoms with Crippen molar-refractivity contribution in [2.75, 3.05) is 19.7 Å². The first-order valence-corrected chi connectivity index (χ1v) is 10.6. The molecular weight excluding hydrogens is 427 g/mol. The lowest BCUT2D eigenvalue weighted by molar-refractivity contribution is -0.134. The van der Waals surface area contributed by atoms with Crippen molar-refractivity contribution in [3.05, 3.63) is 66.6 Å². The lowest BCUT2D eigenvalue weighted by Gasteiger charge is -2.31. The van der Waals surface area contributed by atoms with Crippen LogP contribution in [-0.4, -0.2) is 55.6 Å². The Kier molecular flexibility index (Phi) is 5.79. The predicted octanol–water partition coefficient (Wildman–Crippen LogP) is 3.38. The quantitative estimate of drug-likeness (QED) is 0.446. The Morgan fingerprint density at radius 1 is 1.09 bits per heavy atom. The van der Waals surface area contributed by atoms with Gasteiger partial charge >= 0.3 is 0 Å². The fourth-order valence-electron chi connectivity index (χ4n) is 3.73. The van der Waals surface area contributed by atoms with E-state index in [0.717, 1.165) is 18.4 Å². The number of aromatic nitrogens is 5. The van der Waals surface area contributed by atoms with Gasteiger partial charge < -0.3 is 14.2 Å². The average molecular weight is 448 g/mol. The number of nitrogens with zero attached hydrogens (tertiary/aromatic N) is 6. The molecule has 0 radical (unpaired) electrons. The predicted molar refractivity (Wildman–Crippen MR) is 115 cm³/mol. The molecule has 2 aromatic heterocycles. The summed E-state index contributed by atoms with van der Waals surface area (Å²) in [6, 6.07) is 15.3. The lowest BCUT2D eigenvalue weighted by Crippen LogP contribution is -2.41. The van der Waals surface area contributed by atoms with E-state index in [1.807, 2.05) is 30.3 Å². The van der Waals surface area contributed by atoms with E-state index in [4.69, 9.17) is 9.26 Å². The molecule has 0 unspecified atom stereocenters. The van der Waals surface area contributed by atoms with Crippen LogP contribution in [0.3, 0.4) is 0 Å². The van der Waals surface area contributed by atoms with Crippen molar-refractivity contribution >= 4 is 5.91 Å². The first-order chi connectivity index (χ1) is 16.2. The topological polar surface area (TPSA) is 99.2 Å². The maximum Gasteiger partial charge on any atom is 0.280 e. The highest BCUT2D eigenvalue weighted by Crippen LogP contribution is 2.25. The van der Waals surface area contributed by atoms with Crippen molar-refractivity contribution in [2.24, 2.45) is 0 Å². The van der Waals surface area contributed by atoms with Gasteiger partial charge in [0, 0.05) is 18.7 Å². The number of amides is 1. The van der Waals surface area contributed by atoms with E-state index in [-0.39, 0.29) is 24.4 Å². The Morgan fingerprint density at radius 3 is 2.61 bits per heavy atom. The molecule has 1 saturated heterocycles. The molecule has 1 aliphatic rings. The molecule has 1 aliphatic heterocycles. The average Bonchev–Trinajstić information content (AvgIpc) is 3.54. The zero-order chi connectivity index (χ0) is 22.6. The van der Waals surface area contributed by atoms with Crippen LogP contribution >= 0.6 is 0 Å². The Labute approximate surface area is 188 Å². The highest BCUT2D eigenvalue weighted by Gasteiger charge is 2.25. The fourth-order valence-corrected chi connectivity index (χ4v) is 3.73. The largest absolute Gasteiger partial charge is 0.484 e. The minimum Gasteiger partial charge on any atom is -0.484 e. The molecule has 0 N–H and O–H groups in total. The number of carbonyl (C=O) groups excluding carboxylic acids is 1. The number of piperidine rings is 1. The van der Waals surface area contributed by atoms with E-state index in [0.29, 0.717) is 36.2 Å². The molecule has 0 saturated carbocycles. The van der Waals surface area contributed by atoms with Crippen LogP contribution in [0.15, 0.2) is 65.3 Å². The Bertz CT molecular complexity index is 1220. The second kappa shape index (κ2) is 9.19. The van der Waals surface area contributed by atoms with E-state index in [9.17, 15) is 9.18 Å². The van der Waals surface area contributed by atoms with Crippen LogP contribution in [0.4, 0.5) is 4.39 Å². The molecule has 10 heteroatoms. The lowest BCUT2D eigenvalue weighted by atomic mass is 10.1. The van der Waals surface area contributed by atoms with Gasteiger partial charge in [-0.15, -0.1) is 5.10 Å². The monoisotopic (exact) mass is 448 g/mol. The van der Waals surface area contributed by atoms with E-state index in [2.05, 4.69) is 20.5 Å². The van der Waals surface area contributed by atoms with E-state index >= 15 is 0 Å². The maximum absolute atomic E-state index is 13.0. The summed E-state index contributed by atoms with van der Waals surface area (Å²) in [6.45, 7) is 1.10. The minimum atomic E-state index is -0.345. The molecule has 168 valence electrons. The zero-order valence-corrected chi connectivity index (χ0v) is 17.7. The maximum atomic E-state index is 13.0. The fraction of sp³-hybridized carbons (Fsp3) is 0.261. The third-order valence-electron chi connectivity index (χ3n) is 5.55. The molecule has 1 fully saturated rings. The molecule has 0 spiro atoms. The molecule has 1 amide bonds. The van der Waals surface area contributed by atoms with Crippen molar-refractivity contribution < 1.29 is 18.4 Å². The van der Waals surface area contributed by atoms with Gasteiger partial charge in [-0.3, -0.25) is 4.79 Å². The van der Waals surface area contributed by atoms with Crippen LogP contribution in [0.25, 0.3) is 23.0 Å². The molecule has 0 bridgehead atoms. The van der Waals surface area contributed by atoms with Gasteiger partial charge in [0.05, 0.1) is 12.2 Å².